The Morgan fingerprint density at radius 3 is 2.91 bits per heavy atom. The predicted molar refractivity (Wildman–Crippen MR) is 87.9 cm³/mol. The first kappa shape index (κ1) is 18.0. The van der Waals surface area contributed by atoms with Crippen molar-refractivity contribution < 1.29 is 19.1 Å². The van der Waals surface area contributed by atoms with Crippen LogP contribution in [0.5, 0.6) is 0 Å². The van der Waals surface area contributed by atoms with Crippen LogP contribution in [0.4, 0.5) is 0 Å². The van der Waals surface area contributed by atoms with E-state index in [0.717, 1.165) is 12.8 Å². The van der Waals surface area contributed by atoms with E-state index in [1.54, 1.807) is 19.1 Å². The summed E-state index contributed by atoms with van der Waals surface area (Å²) >= 11 is 0. The fourth-order valence-electron chi connectivity index (χ4n) is 3.20. The lowest BCUT2D eigenvalue weighted by molar-refractivity contribution is -0.138. The van der Waals surface area contributed by atoms with Crippen molar-refractivity contribution in [3.8, 4) is 0 Å². The van der Waals surface area contributed by atoms with Gasteiger partial charge in [-0.1, -0.05) is 19.8 Å². The highest BCUT2D eigenvalue weighted by Crippen LogP contribution is 2.26. The minimum atomic E-state index is -0.712. The van der Waals surface area contributed by atoms with E-state index in [1.807, 2.05) is 6.92 Å². The van der Waals surface area contributed by atoms with Crippen LogP contribution < -0.4 is 5.32 Å². The molecule has 1 aromatic heterocycles. The van der Waals surface area contributed by atoms with Crippen molar-refractivity contribution in [2.75, 3.05) is 0 Å². The smallest absolute Gasteiger partial charge is 0.249 e. The average Bonchev–Trinajstić information content (AvgIpc) is 3.01. The molecule has 5 heteroatoms. The molecular weight excluding hydrogens is 294 g/mol. The highest BCUT2D eigenvalue weighted by molar-refractivity contribution is 5.80. The average molecular weight is 323 g/mol. The molecule has 1 aliphatic rings. The van der Waals surface area contributed by atoms with E-state index in [9.17, 15) is 9.90 Å². The third kappa shape index (κ3) is 5.66. The van der Waals surface area contributed by atoms with Crippen molar-refractivity contribution in [1.29, 1.82) is 0 Å². The molecule has 1 fully saturated rings. The Hall–Kier alpha value is -1.33. The van der Waals surface area contributed by atoms with Gasteiger partial charge in [0.1, 0.15) is 18.0 Å². The summed E-state index contributed by atoms with van der Waals surface area (Å²) in [5, 5.41) is 13.0. The molecule has 0 aromatic carbocycles. The van der Waals surface area contributed by atoms with Gasteiger partial charge in [-0.2, -0.15) is 0 Å². The van der Waals surface area contributed by atoms with Gasteiger partial charge in [0.25, 0.3) is 0 Å². The molecule has 1 saturated carbocycles. The van der Waals surface area contributed by atoms with E-state index in [4.69, 9.17) is 9.15 Å². The Labute approximate surface area is 138 Å². The summed E-state index contributed by atoms with van der Waals surface area (Å²) in [6.45, 7) is 5.90. The maximum absolute atomic E-state index is 12.2. The third-order valence-electron chi connectivity index (χ3n) is 4.49. The molecule has 0 radical (unpaired) electrons. The van der Waals surface area contributed by atoms with Gasteiger partial charge in [0, 0.05) is 12.5 Å². The maximum Gasteiger partial charge on any atom is 0.249 e. The minimum Gasteiger partial charge on any atom is -0.467 e. The fourth-order valence-corrected chi connectivity index (χ4v) is 3.20. The number of aliphatic hydroxyl groups excluding tert-OH is 1. The molecule has 5 atom stereocenters. The summed E-state index contributed by atoms with van der Waals surface area (Å²) in [4.78, 5) is 12.2. The number of hydrogen-bond donors (Lipinski definition) is 2. The molecule has 5 unspecified atom stereocenters. The van der Waals surface area contributed by atoms with E-state index in [-0.39, 0.29) is 18.1 Å². The van der Waals surface area contributed by atoms with Crippen LogP contribution in [-0.4, -0.2) is 29.3 Å². The molecule has 1 aromatic rings. The first-order valence-corrected chi connectivity index (χ1v) is 8.63. The zero-order chi connectivity index (χ0) is 16.8. The third-order valence-corrected chi connectivity index (χ3v) is 4.49. The van der Waals surface area contributed by atoms with Gasteiger partial charge in [0.2, 0.25) is 5.91 Å². The number of ether oxygens (including phenoxy) is 1. The predicted octanol–water partition coefficient (Wildman–Crippen LogP) is 3.19. The van der Waals surface area contributed by atoms with Crippen molar-refractivity contribution in [1.82, 2.24) is 5.32 Å². The lowest BCUT2D eigenvalue weighted by Crippen LogP contribution is -2.42. The Kier molecular flexibility index (Phi) is 6.66. The molecule has 2 rings (SSSR count). The van der Waals surface area contributed by atoms with Crippen LogP contribution in [0.3, 0.4) is 0 Å². The first-order valence-electron chi connectivity index (χ1n) is 8.63. The van der Waals surface area contributed by atoms with Crippen LogP contribution in [0.15, 0.2) is 22.8 Å². The van der Waals surface area contributed by atoms with Crippen molar-refractivity contribution in [2.45, 2.75) is 77.2 Å². The highest BCUT2D eigenvalue weighted by Gasteiger charge is 2.25. The van der Waals surface area contributed by atoms with Crippen molar-refractivity contribution in [3.63, 3.8) is 0 Å². The molecule has 0 aliphatic heterocycles. The van der Waals surface area contributed by atoms with Crippen molar-refractivity contribution >= 4 is 5.91 Å². The normalized spacial score (nSPS) is 25.6. The molecule has 23 heavy (non-hydrogen) atoms. The van der Waals surface area contributed by atoms with E-state index < -0.39 is 12.2 Å². The molecule has 0 saturated heterocycles. The number of amides is 1. The molecule has 1 amide bonds. The van der Waals surface area contributed by atoms with Crippen LogP contribution in [0.2, 0.25) is 0 Å². The number of aliphatic hydroxyl groups is 1. The zero-order valence-electron chi connectivity index (χ0n) is 14.3. The monoisotopic (exact) mass is 323 g/mol. The number of furan rings is 1. The number of nitrogens with one attached hydrogen (secondary N) is 1. The molecule has 1 aliphatic carbocycles. The second kappa shape index (κ2) is 8.50. The van der Waals surface area contributed by atoms with Gasteiger partial charge in [-0.3, -0.25) is 4.79 Å². The Balaban J connectivity index is 1.74. The van der Waals surface area contributed by atoms with Gasteiger partial charge in [-0.05, 0) is 44.7 Å². The van der Waals surface area contributed by atoms with Gasteiger partial charge in [0.05, 0.1) is 12.4 Å². The highest BCUT2D eigenvalue weighted by atomic mass is 16.5. The van der Waals surface area contributed by atoms with Crippen LogP contribution in [0.25, 0.3) is 0 Å². The van der Waals surface area contributed by atoms with Crippen LogP contribution in [0, 0.1) is 5.92 Å². The molecule has 5 nitrogen and oxygen atoms in total. The van der Waals surface area contributed by atoms with Gasteiger partial charge >= 0.3 is 0 Å². The van der Waals surface area contributed by atoms with Gasteiger partial charge < -0.3 is 19.6 Å². The summed E-state index contributed by atoms with van der Waals surface area (Å²) in [5.74, 6) is 1.07. The Bertz CT molecular complexity index is 473. The molecule has 1 heterocycles. The summed E-state index contributed by atoms with van der Waals surface area (Å²) in [6.07, 6.45) is 5.44. The van der Waals surface area contributed by atoms with Gasteiger partial charge in [-0.15, -0.1) is 0 Å². The molecule has 0 spiro atoms. The molecular formula is C18H29NO4. The lowest BCUT2D eigenvalue weighted by Gasteiger charge is -2.29. The quantitative estimate of drug-likeness (QED) is 0.808. The zero-order valence-corrected chi connectivity index (χ0v) is 14.3. The number of rotatable bonds is 7. The maximum atomic E-state index is 12.2. The summed E-state index contributed by atoms with van der Waals surface area (Å²) < 4.78 is 11.1. The van der Waals surface area contributed by atoms with E-state index in [1.165, 1.54) is 19.1 Å². The second-order valence-corrected chi connectivity index (χ2v) is 6.85. The Morgan fingerprint density at radius 1 is 1.48 bits per heavy atom. The number of hydrogen-bond acceptors (Lipinski definition) is 4. The van der Waals surface area contributed by atoms with E-state index >= 15 is 0 Å². The topological polar surface area (TPSA) is 71.7 Å². The van der Waals surface area contributed by atoms with Gasteiger partial charge in [0.15, 0.2) is 0 Å². The number of carbonyl (C=O) groups is 1. The standard InChI is InChI=1S/C18H29NO4/c1-12-6-4-7-15(10-12)23-14(3)18(21)19-13(2)11-16(20)17-8-5-9-22-17/h5,8-9,12-16,20H,4,6-7,10-11H2,1-3H3,(H,19,21). The summed E-state index contributed by atoms with van der Waals surface area (Å²) in [6, 6.07) is 3.32. The summed E-state index contributed by atoms with van der Waals surface area (Å²) in [7, 11) is 0. The SMILES string of the molecule is CC1CCCC(OC(C)C(=O)NC(C)CC(O)c2ccco2)C1. The fraction of sp³-hybridized carbons (Fsp3) is 0.722. The van der Waals surface area contributed by atoms with Crippen LogP contribution in [-0.2, 0) is 9.53 Å². The number of carbonyl (C=O) groups excluding carboxylic acids is 1. The minimum absolute atomic E-state index is 0.123. The largest absolute Gasteiger partial charge is 0.467 e. The van der Waals surface area contributed by atoms with Crippen molar-refractivity contribution in [2.24, 2.45) is 5.92 Å². The van der Waals surface area contributed by atoms with Crippen LogP contribution >= 0.6 is 0 Å². The molecule has 130 valence electrons. The van der Waals surface area contributed by atoms with E-state index in [0.29, 0.717) is 18.1 Å². The Morgan fingerprint density at radius 2 is 2.26 bits per heavy atom. The summed E-state index contributed by atoms with van der Waals surface area (Å²) in [5.41, 5.74) is 0. The van der Waals surface area contributed by atoms with Crippen molar-refractivity contribution in [3.05, 3.63) is 24.2 Å². The first-order chi connectivity index (χ1) is 11.0. The van der Waals surface area contributed by atoms with Gasteiger partial charge in [-0.25, -0.2) is 0 Å². The lowest BCUT2D eigenvalue weighted by atomic mass is 9.88. The molecule has 0 bridgehead atoms. The van der Waals surface area contributed by atoms with E-state index in [2.05, 4.69) is 12.2 Å². The van der Waals surface area contributed by atoms with Crippen LogP contribution in [0.1, 0.15) is 64.7 Å². The molecule has 2 N–H and O–H groups in total. The second-order valence-electron chi connectivity index (χ2n) is 6.85.